The van der Waals surface area contributed by atoms with Crippen LogP contribution in [0.3, 0.4) is 0 Å². The van der Waals surface area contributed by atoms with Gasteiger partial charge in [0.25, 0.3) is 11.5 Å². The van der Waals surface area contributed by atoms with Gasteiger partial charge in [-0.25, -0.2) is 0 Å². The molecule has 3 rings (SSSR count). The maximum absolute atomic E-state index is 12.8. The molecule has 1 aliphatic heterocycles. The summed E-state index contributed by atoms with van der Waals surface area (Å²) in [5.74, 6) is 4.79. The van der Waals surface area contributed by atoms with Gasteiger partial charge < -0.3 is 14.9 Å². The molecule has 1 aliphatic carbocycles. The lowest BCUT2D eigenvalue weighted by Gasteiger charge is -2.21. The molecule has 0 fully saturated rings. The van der Waals surface area contributed by atoms with Gasteiger partial charge in [0.2, 0.25) is 0 Å². The summed E-state index contributed by atoms with van der Waals surface area (Å²) in [7, 11) is 0. The van der Waals surface area contributed by atoms with Gasteiger partial charge in [0, 0.05) is 18.7 Å². The summed E-state index contributed by atoms with van der Waals surface area (Å²) in [6.07, 6.45) is 7.57. The zero-order chi connectivity index (χ0) is 20.1. The monoisotopic (exact) mass is 381 g/mol. The molecule has 7 nitrogen and oxygen atoms in total. The number of esters is 1. The van der Waals surface area contributed by atoms with Gasteiger partial charge in [-0.15, -0.1) is 5.92 Å². The van der Waals surface area contributed by atoms with E-state index in [2.05, 4.69) is 33.4 Å². The van der Waals surface area contributed by atoms with Crippen LogP contribution in [-0.2, 0) is 25.6 Å². The third-order valence-electron chi connectivity index (χ3n) is 4.56. The van der Waals surface area contributed by atoms with Crippen molar-refractivity contribution in [3.05, 3.63) is 35.2 Å². The number of aromatic nitrogens is 1. The van der Waals surface area contributed by atoms with Crippen LogP contribution >= 0.6 is 0 Å². The van der Waals surface area contributed by atoms with Gasteiger partial charge >= 0.3 is 5.97 Å². The predicted molar refractivity (Wildman–Crippen MR) is 104 cm³/mol. The maximum atomic E-state index is 12.8. The normalized spacial score (nSPS) is 20.8. The smallest absolute Gasteiger partial charge is 0.302 e. The zero-order valence-corrected chi connectivity index (χ0v) is 16.2. The molecule has 1 aromatic heterocycles. The second-order valence-corrected chi connectivity index (χ2v) is 6.81. The molecule has 2 unspecified atom stereocenters. The van der Waals surface area contributed by atoms with Crippen molar-refractivity contribution in [3.63, 3.8) is 0 Å². The number of amides is 1. The minimum atomic E-state index is -1.41. The number of rotatable bonds is 5. The van der Waals surface area contributed by atoms with Crippen LogP contribution in [0.25, 0.3) is 6.08 Å². The first kappa shape index (κ1) is 19.6. The Kier molecular flexibility index (Phi) is 5.78. The van der Waals surface area contributed by atoms with E-state index in [-0.39, 0.29) is 13.0 Å². The summed E-state index contributed by atoms with van der Waals surface area (Å²) in [4.78, 5) is 33.9. The fraction of sp³-hybridized carbons (Fsp3) is 0.429. The second kappa shape index (κ2) is 8.26. The van der Waals surface area contributed by atoms with Gasteiger partial charge in [-0.1, -0.05) is 17.3 Å². The molecule has 2 aliphatic rings. The molecule has 1 aromatic rings. The Morgan fingerprint density at radius 1 is 1.46 bits per heavy atom. The van der Waals surface area contributed by atoms with E-state index < -0.39 is 23.6 Å². The number of carbonyl (C=O) groups is 2. The van der Waals surface area contributed by atoms with Crippen LogP contribution in [0.4, 0.5) is 0 Å². The van der Waals surface area contributed by atoms with Crippen molar-refractivity contribution in [1.82, 2.24) is 10.3 Å². The number of carbonyl (C=O) groups excluding carboxylic acids is 2. The minimum absolute atomic E-state index is 0.159. The SMILES string of the molecule is CC#CC1(C(=O)NCC(C)OC(C)=O)CC(c2nccc3c2C=CCC3)=NO1. The highest BCUT2D eigenvalue weighted by Crippen LogP contribution is 2.30. The molecule has 0 spiro atoms. The fourth-order valence-electron chi connectivity index (χ4n) is 3.30. The summed E-state index contributed by atoms with van der Waals surface area (Å²) in [6, 6.07) is 2.00. The molecule has 0 saturated carbocycles. The summed E-state index contributed by atoms with van der Waals surface area (Å²) in [5.41, 5.74) is 2.11. The van der Waals surface area contributed by atoms with E-state index in [1.165, 1.54) is 12.5 Å². The number of nitrogens with zero attached hydrogens (tertiary/aromatic N) is 2. The fourth-order valence-corrected chi connectivity index (χ4v) is 3.30. The van der Waals surface area contributed by atoms with E-state index >= 15 is 0 Å². The summed E-state index contributed by atoms with van der Waals surface area (Å²) in [5, 5.41) is 6.89. The molecule has 28 heavy (non-hydrogen) atoms. The lowest BCUT2D eigenvalue weighted by Crippen LogP contribution is -2.48. The molecule has 2 heterocycles. The van der Waals surface area contributed by atoms with Gasteiger partial charge in [-0.2, -0.15) is 0 Å². The Morgan fingerprint density at radius 2 is 2.29 bits per heavy atom. The lowest BCUT2D eigenvalue weighted by atomic mass is 9.90. The van der Waals surface area contributed by atoms with Gasteiger partial charge in [0.15, 0.2) is 0 Å². The van der Waals surface area contributed by atoms with E-state index in [1.54, 1.807) is 20.0 Å². The topological polar surface area (TPSA) is 89.9 Å². The third kappa shape index (κ3) is 4.06. The van der Waals surface area contributed by atoms with Crippen molar-refractivity contribution >= 4 is 23.7 Å². The van der Waals surface area contributed by atoms with Crippen LogP contribution in [0, 0.1) is 11.8 Å². The highest BCUT2D eigenvalue weighted by Gasteiger charge is 2.46. The lowest BCUT2D eigenvalue weighted by molar-refractivity contribution is -0.147. The number of aryl methyl sites for hydroxylation is 1. The van der Waals surface area contributed by atoms with Crippen molar-refractivity contribution in [3.8, 4) is 11.8 Å². The van der Waals surface area contributed by atoms with Crippen LogP contribution < -0.4 is 5.32 Å². The highest BCUT2D eigenvalue weighted by molar-refractivity contribution is 6.07. The third-order valence-corrected chi connectivity index (χ3v) is 4.56. The number of pyridine rings is 1. The van der Waals surface area contributed by atoms with Gasteiger partial charge in [-0.3, -0.25) is 14.6 Å². The van der Waals surface area contributed by atoms with E-state index in [4.69, 9.17) is 9.57 Å². The minimum Gasteiger partial charge on any atom is -0.461 e. The molecule has 1 amide bonds. The number of oxime groups is 1. The molecule has 0 saturated heterocycles. The van der Waals surface area contributed by atoms with Crippen LogP contribution in [0.1, 0.15) is 50.4 Å². The number of ether oxygens (including phenoxy) is 1. The standard InChI is InChI=1S/C21H23N3O4/c1-4-10-21(20(26)23-13-14(2)27-15(3)25)12-18(24-28-21)19-17-8-6-5-7-16(17)9-11-22-19/h6,8-9,11,14H,5,7,12-13H2,1-3H3,(H,23,26). The van der Waals surface area contributed by atoms with E-state index in [0.717, 1.165) is 18.4 Å². The molecule has 146 valence electrons. The molecule has 7 heteroatoms. The molecule has 1 N–H and O–H groups in total. The van der Waals surface area contributed by atoms with Gasteiger partial charge in [-0.05, 0) is 44.2 Å². The summed E-state index contributed by atoms with van der Waals surface area (Å²) in [6.45, 7) is 4.82. The molecular weight excluding hydrogens is 358 g/mol. The van der Waals surface area contributed by atoms with Crippen molar-refractivity contribution < 1.29 is 19.2 Å². The first-order valence-corrected chi connectivity index (χ1v) is 9.24. The molecule has 0 bridgehead atoms. The number of nitrogens with one attached hydrogen (secondary N) is 1. The number of allylic oxidation sites excluding steroid dienone is 1. The van der Waals surface area contributed by atoms with Crippen molar-refractivity contribution in [1.29, 1.82) is 0 Å². The van der Waals surface area contributed by atoms with Crippen LogP contribution in [0.15, 0.2) is 23.5 Å². The number of fused-ring (bicyclic) bond motifs is 1. The molecular formula is C21H23N3O4. The summed E-state index contributed by atoms with van der Waals surface area (Å²) < 4.78 is 5.03. The Hall–Kier alpha value is -3.14. The van der Waals surface area contributed by atoms with E-state index in [1.807, 2.05) is 12.1 Å². The number of hydrogen-bond acceptors (Lipinski definition) is 6. The average Bonchev–Trinajstić information content (AvgIpc) is 3.10. The average molecular weight is 381 g/mol. The van der Waals surface area contributed by atoms with Crippen molar-refractivity contribution in [2.24, 2.45) is 5.16 Å². The van der Waals surface area contributed by atoms with E-state index in [0.29, 0.717) is 11.4 Å². The highest BCUT2D eigenvalue weighted by atomic mass is 16.7. The van der Waals surface area contributed by atoms with Gasteiger partial charge in [0.1, 0.15) is 11.8 Å². The first-order valence-electron chi connectivity index (χ1n) is 9.24. The quantitative estimate of drug-likeness (QED) is 0.622. The Balaban J connectivity index is 1.77. The molecule has 0 radical (unpaired) electrons. The zero-order valence-electron chi connectivity index (χ0n) is 16.2. The second-order valence-electron chi connectivity index (χ2n) is 6.81. The first-order chi connectivity index (χ1) is 13.4. The maximum Gasteiger partial charge on any atom is 0.302 e. The van der Waals surface area contributed by atoms with Crippen LogP contribution in [0.2, 0.25) is 0 Å². The van der Waals surface area contributed by atoms with Crippen LogP contribution in [0.5, 0.6) is 0 Å². The largest absolute Gasteiger partial charge is 0.461 e. The predicted octanol–water partition coefficient (Wildman–Crippen LogP) is 2.00. The number of hydrogen-bond donors (Lipinski definition) is 1. The van der Waals surface area contributed by atoms with Crippen LogP contribution in [-0.4, -0.2) is 40.8 Å². The van der Waals surface area contributed by atoms with E-state index in [9.17, 15) is 9.59 Å². The Morgan fingerprint density at radius 3 is 3.04 bits per heavy atom. The van der Waals surface area contributed by atoms with Crippen molar-refractivity contribution in [2.45, 2.75) is 51.7 Å². The summed E-state index contributed by atoms with van der Waals surface area (Å²) >= 11 is 0. The Bertz CT molecular complexity index is 910. The molecule has 2 atom stereocenters. The van der Waals surface area contributed by atoms with Crippen molar-refractivity contribution in [2.75, 3.05) is 6.54 Å². The molecule has 0 aromatic carbocycles. The van der Waals surface area contributed by atoms with Gasteiger partial charge in [0.05, 0.1) is 18.7 Å². The Labute approximate surface area is 164 Å².